The lowest BCUT2D eigenvalue weighted by molar-refractivity contribution is 0.0977. The number of carbonyl (C=O) groups excluding carboxylic acids is 1. The van der Waals surface area contributed by atoms with Crippen LogP contribution in [0.2, 0.25) is 0 Å². The monoisotopic (exact) mass is 483 g/mol. The van der Waals surface area contributed by atoms with Crippen molar-refractivity contribution >= 4 is 44.6 Å². The topological polar surface area (TPSA) is 96.5 Å². The molecular formula is C24H25N3O4S2. The van der Waals surface area contributed by atoms with Crippen LogP contribution < -0.4 is 20.1 Å². The Labute approximate surface area is 199 Å². The van der Waals surface area contributed by atoms with Crippen LogP contribution in [0.4, 0.5) is 11.4 Å². The van der Waals surface area contributed by atoms with Crippen molar-refractivity contribution in [3.8, 4) is 5.75 Å². The molecule has 1 amide bonds. The first-order valence-corrected chi connectivity index (χ1v) is 12.1. The fourth-order valence-corrected chi connectivity index (χ4v) is 4.42. The van der Waals surface area contributed by atoms with Gasteiger partial charge < -0.3 is 10.1 Å². The summed E-state index contributed by atoms with van der Waals surface area (Å²) in [5.41, 5.74) is 3.36. The van der Waals surface area contributed by atoms with Crippen molar-refractivity contribution in [2.45, 2.75) is 25.7 Å². The van der Waals surface area contributed by atoms with Crippen molar-refractivity contribution < 1.29 is 17.9 Å². The molecule has 0 aliphatic carbocycles. The van der Waals surface area contributed by atoms with E-state index >= 15 is 0 Å². The number of ether oxygens (including phenoxy) is 1. The van der Waals surface area contributed by atoms with Gasteiger partial charge >= 0.3 is 0 Å². The van der Waals surface area contributed by atoms with Crippen molar-refractivity contribution in [1.82, 2.24) is 5.32 Å². The van der Waals surface area contributed by atoms with E-state index in [1.807, 2.05) is 32.9 Å². The third-order valence-corrected chi connectivity index (χ3v) is 6.27. The van der Waals surface area contributed by atoms with E-state index in [1.165, 1.54) is 12.1 Å². The third kappa shape index (κ3) is 6.53. The second kappa shape index (κ2) is 10.5. The molecule has 0 aromatic heterocycles. The average Bonchev–Trinajstić information content (AvgIpc) is 2.76. The number of nitrogens with one attached hydrogen (secondary N) is 3. The Morgan fingerprint density at radius 2 is 1.73 bits per heavy atom. The standard InChI is InChI=1S/C24H25N3O4S2/c1-4-31-20-7-5-6-18(15-20)23(28)26-24(32)25-19-9-11-21(12-10-19)33(29,30)27-22-13-8-16(2)14-17(22)3/h5-15,27H,4H2,1-3H3,(H2,25,26,28,32). The van der Waals surface area contributed by atoms with Crippen LogP contribution in [0.1, 0.15) is 28.4 Å². The van der Waals surface area contributed by atoms with E-state index in [0.717, 1.165) is 11.1 Å². The molecule has 0 heterocycles. The van der Waals surface area contributed by atoms with Gasteiger partial charge in [-0.15, -0.1) is 0 Å². The van der Waals surface area contributed by atoms with Gasteiger partial charge in [-0.3, -0.25) is 14.8 Å². The van der Waals surface area contributed by atoms with Gasteiger partial charge in [-0.1, -0.05) is 23.8 Å². The van der Waals surface area contributed by atoms with Crippen molar-refractivity contribution in [2.75, 3.05) is 16.6 Å². The maximum Gasteiger partial charge on any atom is 0.261 e. The molecule has 3 aromatic carbocycles. The summed E-state index contributed by atoms with van der Waals surface area (Å²) in [6, 6.07) is 18.3. The van der Waals surface area contributed by atoms with E-state index < -0.39 is 10.0 Å². The smallest absolute Gasteiger partial charge is 0.261 e. The molecule has 3 aromatic rings. The van der Waals surface area contributed by atoms with Gasteiger partial charge in [0.1, 0.15) is 5.75 Å². The van der Waals surface area contributed by atoms with Gasteiger partial charge in [0.25, 0.3) is 15.9 Å². The molecule has 7 nitrogen and oxygen atoms in total. The Balaban J connectivity index is 1.63. The molecule has 0 aliphatic rings. The summed E-state index contributed by atoms with van der Waals surface area (Å²) in [4.78, 5) is 12.5. The minimum Gasteiger partial charge on any atom is -0.494 e. The van der Waals surface area contributed by atoms with Gasteiger partial charge in [0.15, 0.2) is 5.11 Å². The molecule has 0 saturated heterocycles. The number of benzene rings is 3. The van der Waals surface area contributed by atoms with E-state index in [2.05, 4.69) is 15.4 Å². The van der Waals surface area contributed by atoms with Crippen molar-refractivity contribution in [3.63, 3.8) is 0 Å². The zero-order valence-corrected chi connectivity index (χ0v) is 20.1. The maximum atomic E-state index is 12.7. The molecule has 0 unspecified atom stereocenters. The summed E-state index contributed by atoms with van der Waals surface area (Å²) in [5, 5.41) is 5.57. The number of hydrogen-bond donors (Lipinski definition) is 3. The van der Waals surface area contributed by atoms with Gasteiger partial charge in [-0.2, -0.15) is 0 Å². The minimum atomic E-state index is -3.75. The molecular weight excluding hydrogens is 458 g/mol. The summed E-state index contributed by atoms with van der Waals surface area (Å²) in [6.07, 6.45) is 0. The highest BCUT2D eigenvalue weighted by molar-refractivity contribution is 7.92. The molecule has 3 rings (SSSR count). The minimum absolute atomic E-state index is 0.0887. The maximum absolute atomic E-state index is 12.7. The van der Waals surface area contributed by atoms with Crippen molar-refractivity contribution in [2.24, 2.45) is 0 Å². The highest BCUT2D eigenvalue weighted by atomic mass is 32.2. The molecule has 0 fully saturated rings. The normalized spacial score (nSPS) is 10.9. The second-order valence-electron chi connectivity index (χ2n) is 7.32. The molecule has 0 bridgehead atoms. The zero-order valence-electron chi connectivity index (χ0n) is 18.5. The lowest BCUT2D eigenvalue weighted by atomic mass is 10.1. The van der Waals surface area contributed by atoms with Crippen molar-refractivity contribution in [3.05, 3.63) is 83.4 Å². The summed E-state index contributed by atoms with van der Waals surface area (Å²) in [5.74, 6) is 0.209. The summed E-state index contributed by atoms with van der Waals surface area (Å²) >= 11 is 5.21. The fraction of sp³-hybridized carbons (Fsp3) is 0.167. The first-order chi connectivity index (χ1) is 15.7. The summed E-state index contributed by atoms with van der Waals surface area (Å²) in [7, 11) is -3.75. The Bertz CT molecular complexity index is 1270. The molecule has 9 heteroatoms. The molecule has 172 valence electrons. The highest BCUT2D eigenvalue weighted by Crippen LogP contribution is 2.22. The van der Waals surface area contributed by atoms with Crippen LogP contribution in [0.25, 0.3) is 0 Å². The van der Waals surface area contributed by atoms with E-state index in [9.17, 15) is 13.2 Å². The van der Waals surface area contributed by atoms with Crippen LogP contribution in [0.3, 0.4) is 0 Å². The Morgan fingerprint density at radius 1 is 1.00 bits per heavy atom. The van der Waals surface area contributed by atoms with Crippen LogP contribution in [0.15, 0.2) is 71.6 Å². The van der Waals surface area contributed by atoms with Gasteiger partial charge in [-0.25, -0.2) is 8.42 Å². The molecule has 33 heavy (non-hydrogen) atoms. The van der Waals surface area contributed by atoms with Crippen LogP contribution in [0, 0.1) is 13.8 Å². The zero-order chi connectivity index (χ0) is 24.0. The van der Waals surface area contributed by atoms with Crippen LogP contribution in [-0.2, 0) is 10.0 Å². The highest BCUT2D eigenvalue weighted by Gasteiger charge is 2.16. The first-order valence-electron chi connectivity index (χ1n) is 10.2. The summed E-state index contributed by atoms with van der Waals surface area (Å²) < 4.78 is 33.5. The molecule has 0 saturated carbocycles. The molecule has 0 atom stereocenters. The fourth-order valence-electron chi connectivity index (χ4n) is 3.08. The SMILES string of the molecule is CCOc1cccc(C(=O)NC(=S)Nc2ccc(S(=O)(=O)Nc3ccc(C)cc3C)cc2)c1. The lowest BCUT2D eigenvalue weighted by Gasteiger charge is -2.13. The van der Waals surface area contributed by atoms with Crippen LogP contribution in [0.5, 0.6) is 5.75 Å². The van der Waals surface area contributed by atoms with Crippen LogP contribution >= 0.6 is 12.2 Å². The largest absolute Gasteiger partial charge is 0.494 e. The van der Waals surface area contributed by atoms with Gasteiger partial charge in [0.05, 0.1) is 17.2 Å². The third-order valence-electron chi connectivity index (χ3n) is 4.68. The number of carbonyl (C=O) groups is 1. The van der Waals surface area contributed by atoms with Crippen LogP contribution in [-0.4, -0.2) is 26.0 Å². The van der Waals surface area contributed by atoms with E-state index in [1.54, 1.807) is 42.5 Å². The van der Waals surface area contributed by atoms with E-state index in [-0.39, 0.29) is 15.9 Å². The predicted molar refractivity (Wildman–Crippen MR) is 134 cm³/mol. The Morgan fingerprint density at radius 3 is 2.39 bits per heavy atom. The van der Waals surface area contributed by atoms with Gasteiger partial charge in [-0.05, 0) is 87.1 Å². The van der Waals surface area contributed by atoms with E-state index in [0.29, 0.717) is 29.3 Å². The quantitative estimate of drug-likeness (QED) is 0.424. The molecule has 0 spiro atoms. The number of thiocarbonyl (C=S) groups is 1. The van der Waals surface area contributed by atoms with E-state index in [4.69, 9.17) is 17.0 Å². The first kappa shape index (κ1) is 24.2. The molecule has 0 aliphatic heterocycles. The Hall–Kier alpha value is -3.43. The molecule has 0 radical (unpaired) electrons. The molecule has 3 N–H and O–H groups in total. The van der Waals surface area contributed by atoms with Crippen molar-refractivity contribution in [1.29, 1.82) is 0 Å². The number of anilines is 2. The average molecular weight is 484 g/mol. The number of sulfonamides is 1. The number of amides is 1. The van der Waals surface area contributed by atoms with Gasteiger partial charge in [0.2, 0.25) is 0 Å². The number of hydrogen-bond acceptors (Lipinski definition) is 5. The lowest BCUT2D eigenvalue weighted by Crippen LogP contribution is -2.34. The number of rotatable bonds is 7. The summed E-state index contributed by atoms with van der Waals surface area (Å²) in [6.45, 7) is 6.15. The second-order valence-corrected chi connectivity index (χ2v) is 9.41. The Kier molecular flexibility index (Phi) is 7.67. The predicted octanol–water partition coefficient (Wildman–Crippen LogP) is 4.63. The number of aryl methyl sites for hydroxylation is 2. The van der Waals surface area contributed by atoms with Gasteiger partial charge in [0, 0.05) is 11.3 Å².